The number of hydrogen-bond donors (Lipinski definition) is 2. The molecule has 0 spiro atoms. The predicted molar refractivity (Wildman–Crippen MR) is 105 cm³/mol. The standard InChI is InChI=1S/C19H26N4O5/c1-12-21-14(19(24)20-7-6-8-25-2)11-17(22-12)23-13-9-15(26-3)18(28-5)16(10-13)27-4/h9-11H,6-8H2,1-5H3,(H,20,24)(H,21,22,23). The van der Waals surface area contributed by atoms with Crippen LogP contribution >= 0.6 is 0 Å². The van der Waals surface area contributed by atoms with E-state index in [1.54, 1.807) is 53.6 Å². The number of carbonyl (C=O) groups excluding carboxylic acids is 1. The number of aromatic nitrogens is 2. The van der Waals surface area contributed by atoms with E-state index in [1.165, 1.54) is 0 Å². The zero-order valence-electron chi connectivity index (χ0n) is 16.8. The maximum Gasteiger partial charge on any atom is 0.270 e. The second kappa shape index (κ2) is 10.3. The second-order valence-electron chi connectivity index (χ2n) is 5.83. The van der Waals surface area contributed by atoms with Crippen LogP contribution in [0.5, 0.6) is 17.2 Å². The van der Waals surface area contributed by atoms with Gasteiger partial charge in [0.1, 0.15) is 17.3 Å². The zero-order chi connectivity index (χ0) is 20.5. The third-order valence-corrected chi connectivity index (χ3v) is 3.82. The quantitative estimate of drug-likeness (QED) is 0.596. The molecule has 152 valence electrons. The van der Waals surface area contributed by atoms with Gasteiger partial charge in [0, 0.05) is 44.1 Å². The number of benzene rings is 1. The van der Waals surface area contributed by atoms with Crippen LogP contribution in [0.25, 0.3) is 0 Å². The van der Waals surface area contributed by atoms with Crippen molar-refractivity contribution in [3.8, 4) is 17.2 Å². The third kappa shape index (κ3) is 5.46. The fraction of sp³-hybridized carbons (Fsp3) is 0.421. The van der Waals surface area contributed by atoms with E-state index in [2.05, 4.69) is 20.6 Å². The lowest BCUT2D eigenvalue weighted by Crippen LogP contribution is -2.26. The van der Waals surface area contributed by atoms with Gasteiger partial charge in [0.15, 0.2) is 11.5 Å². The van der Waals surface area contributed by atoms with Crippen molar-refractivity contribution in [3.05, 3.63) is 29.7 Å². The van der Waals surface area contributed by atoms with Crippen LogP contribution in [-0.4, -0.2) is 57.5 Å². The molecule has 28 heavy (non-hydrogen) atoms. The van der Waals surface area contributed by atoms with E-state index in [4.69, 9.17) is 18.9 Å². The van der Waals surface area contributed by atoms with Crippen molar-refractivity contribution < 1.29 is 23.7 Å². The second-order valence-corrected chi connectivity index (χ2v) is 5.83. The number of nitrogens with one attached hydrogen (secondary N) is 2. The van der Waals surface area contributed by atoms with Crippen LogP contribution in [0.2, 0.25) is 0 Å². The Morgan fingerprint density at radius 1 is 1.00 bits per heavy atom. The van der Waals surface area contributed by atoms with Gasteiger partial charge in [-0.1, -0.05) is 0 Å². The van der Waals surface area contributed by atoms with E-state index >= 15 is 0 Å². The fourth-order valence-electron chi connectivity index (χ4n) is 2.56. The number of nitrogens with zero attached hydrogens (tertiary/aromatic N) is 2. The molecule has 0 aliphatic carbocycles. The van der Waals surface area contributed by atoms with Gasteiger partial charge in [0.05, 0.1) is 21.3 Å². The monoisotopic (exact) mass is 390 g/mol. The van der Waals surface area contributed by atoms with Crippen LogP contribution in [-0.2, 0) is 4.74 Å². The average Bonchev–Trinajstić information content (AvgIpc) is 2.69. The minimum absolute atomic E-state index is 0.269. The Bertz CT molecular complexity index is 788. The first kappa shape index (κ1) is 21.2. The molecule has 2 N–H and O–H groups in total. The Balaban J connectivity index is 2.22. The van der Waals surface area contributed by atoms with Gasteiger partial charge in [0.25, 0.3) is 5.91 Å². The van der Waals surface area contributed by atoms with Crippen molar-refractivity contribution in [2.75, 3.05) is 46.9 Å². The molecule has 9 heteroatoms. The number of methoxy groups -OCH3 is 4. The lowest BCUT2D eigenvalue weighted by atomic mass is 10.2. The van der Waals surface area contributed by atoms with Crippen molar-refractivity contribution in [1.82, 2.24) is 15.3 Å². The molecule has 0 bridgehead atoms. The smallest absolute Gasteiger partial charge is 0.270 e. The van der Waals surface area contributed by atoms with Gasteiger partial charge in [-0.3, -0.25) is 4.79 Å². The van der Waals surface area contributed by atoms with E-state index in [1.807, 2.05) is 0 Å². The van der Waals surface area contributed by atoms with E-state index in [-0.39, 0.29) is 11.6 Å². The van der Waals surface area contributed by atoms with Crippen LogP contribution in [0, 0.1) is 6.92 Å². The van der Waals surface area contributed by atoms with E-state index in [0.717, 1.165) is 6.42 Å². The molecule has 0 radical (unpaired) electrons. The molecule has 0 saturated carbocycles. The summed E-state index contributed by atoms with van der Waals surface area (Å²) in [6, 6.07) is 5.09. The summed E-state index contributed by atoms with van der Waals surface area (Å²) in [4.78, 5) is 20.9. The number of carbonyl (C=O) groups is 1. The van der Waals surface area contributed by atoms with Crippen molar-refractivity contribution >= 4 is 17.4 Å². The van der Waals surface area contributed by atoms with Gasteiger partial charge >= 0.3 is 0 Å². The topological polar surface area (TPSA) is 104 Å². The number of amides is 1. The molecular weight excluding hydrogens is 364 g/mol. The summed E-state index contributed by atoms with van der Waals surface area (Å²) in [5.41, 5.74) is 0.943. The Morgan fingerprint density at radius 2 is 1.68 bits per heavy atom. The highest BCUT2D eigenvalue weighted by Crippen LogP contribution is 2.40. The summed E-state index contributed by atoms with van der Waals surface area (Å²) in [5, 5.41) is 5.96. The summed E-state index contributed by atoms with van der Waals surface area (Å²) in [6.45, 7) is 2.81. The molecule has 1 heterocycles. The molecule has 2 aromatic rings. The fourth-order valence-corrected chi connectivity index (χ4v) is 2.56. The Labute approximate surface area is 164 Å². The van der Waals surface area contributed by atoms with Crippen molar-refractivity contribution in [2.45, 2.75) is 13.3 Å². The average molecular weight is 390 g/mol. The van der Waals surface area contributed by atoms with Gasteiger partial charge in [-0.15, -0.1) is 0 Å². The molecule has 1 amide bonds. The van der Waals surface area contributed by atoms with E-state index in [0.29, 0.717) is 47.7 Å². The lowest BCUT2D eigenvalue weighted by Gasteiger charge is -2.15. The number of hydrogen-bond acceptors (Lipinski definition) is 8. The molecule has 0 atom stereocenters. The Morgan fingerprint density at radius 3 is 2.25 bits per heavy atom. The highest BCUT2D eigenvalue weighted by Gasteiger charge is 2.15. The molecule has 0 unspecified atom stereocenters. The normalized spacial score (nSPS) is 10.3. The van der Waals surface area contributed by atoms with Crippen LogP contribution in [0.3, 0.4) is 0 Å². The molecule has 1 aromatic heterocycles. The molecule has 0 aliphatic heterocycles. The molecular formula is C19H26N4O5. The van der Waals surface area contributed by atoms with Crippen molar-refractivity contribution in [3.63, 3.8) is 0 Å². The SMILES string of the molecule is COCCCNC(=O)c1cc(Nc2cc(OC)c(OC)c(OC)c2)nc(C)n1. The van der Waals surface area contributed by atoms with Crippen LogP contribution in [0.4, 0.5) is 11.5 Å². The summed E-state index contributed by atoms with van der Waals surface area (Å²) in [7, 11) is 6.25. The molecule has 0 fully saturated rings. The van der Waals surface area contributed by atoms with Gasteiger partial charge < -0.3 is 29.6 Å². The van der Waals surface area contributed by atoms with Crippen molar-refractivity contribution in [2.24, 2.45) is 0 Å². The molecule has 0 aliphatic rings. The van der Waals surface area contributed by atoms with Crippen LogP contribution < -0.4 is 24.8 Å². The third-order valence-electron chi connectivity index (χ3n) is 3.82. The molecule has 2 rings (SSSR count). The minimum atomic E-state index is -0.269. The van der Waals surface area contributed by atoms with Crippen LogP contribution in [0.1, 0.15) is 22.7 Å². The number of anilines is 2. The molecule has 0 saturated heterocycles. The summed E-state index contributed by atoms with van der Waals surface area (Å²) in [6.07, 6.45) is 0.725. The van der Waals surface area contributed by atoms with Gasteiger partial charge in [-0.2, -0.15) is 0 Å². The Hall–Kier alpha value is -3.07. The minimum Gasteiger partial charge on any atom is -0.493 e. The van der Waals surface area contributed by atoms with E-state index in [9.17, 15) is 4.79 Å². The van der Waals surface area contributed by atoms with Gasteiger partial charge in [0.2, 0.25) is 5.75 Å². The number of rotatable bonds is 10. The number of ether oxygens (including phenoxy) is 4. The zero-order valence-corrected chi connectivity index (χ0v) is 16.8. The largest absolute Gasteiger partial charge is 0.493 e. The van der Waals surface area contributed by atoms with Gasteiger partial charge in [-0.25, -0.2) is 9.97 Å². The van der Waals surface area contributed by atoms with Gasteiger partial charge in [-0.05, 0) is 13.3 Å². The maximum atomic E-state index is 12.3. The highest BCUT2D eigenvalue weighted by molar-refractivity contribution is 5.93. The first-order chi connectivity index (χ1) is 13.5. The van der Waals surface area contributed by atoms with E-state index < -0.39 is 0 Å². The summed E-state index contributed by atoms with van der Waals surface area (Å²) in [5.74, 6) is 2.18. The van der Waals surface area contributed by atoms with Crippen LogP contribution in [0.15, 0.2) is 18.2 Å². The molecule has 1 aromatic carbocycles. The Kier molecular flexibility index (Phi) is 7.82. The number of aryl methyl sites for hydroxylation is 1. The summed E-state index contributed by atoms with van der Waals surface area (Å²) >= 11 is 0. The maximum absolute atomic E-state index is 12.3. The molecule has 9 nitrogen and oxygen atoms in total. The predicted octanol–water partition coefficient (Wildman–Crippen LogP) is 2.32. The lowest BCUT2D eigenvalue weighted by molar-refractivity contribution is 0.0943. The first-order valence-electron chi connectivity index (χ1n) is 8.72. The summed E-state index contributed by atoms with van der Waals surface area (Å²) < 4.78 is 21.0. The first-order valence-corrected chi connectivity index (χ1v) is 8.72. The highest BCUT2D eigenvalue weighted by atomic mass is 16.5. The van der Waals surface area contributed by atoms with Crippen molar-refractivity contribution in [1.29, 1.82) is 0 Å².